The van der Waals surface area contributed by atoms with Gasteiger partial charge in [-0.3, -0.25) is 14.6 Å². The molecular weight excluding hydrogens is 496 g/mol. The minimum absolute atomic E-state index is 0.110. The van der Waals surface area contributed by atoms with Crippen LogP contribution in [0.25, 0.3) is 10.1 Å². The van der Waals surface area contributed by atoms with Crippen LogP contribution in [0, 0.1) is 6.92 Å². The van der Waals surface area contributed by atoms with Crippen molar-refractivity contribution in [3.8, 4) is 0 Å². The number of halogens is 1. The van der Waals surface area contributed by atoms with Gasteiger partial charge in [0.1, 0.15) is 10.3 Å². The number of amides is 2. The second-order valence-electron chi connectivity index (χ2n) is 8.34. The summed E-state index contributed by atoms with van der Waals surface area (Å²) in [5, 5.41) is 1.29. The number of piperidine rings is 1. The fraction of sp³-hybridized carbons (Fsp3) is 0.348. The molecule has 1 fully saturated rings. The second kappa shape index (κ2) is 9.99. The van der Waals surface area contributed by atoms with Crippen molar-refractivity contribution >= 4 is 54.9 Å². The standard InChI is InChI=1S/C23H25ClN4O4S2/c1-15-5-3-6-18(25-15)13-27(2)21(29)14-28-10-4-7-19(23(28)30)26-34(31,32)22-11-16-8-9-17(24)12-20(16)33-22/h3,5-6,8-9,11-12,19,26H,4,7,10,13-14H2,1-2H3. The lowest BCUT2D eigenvalue weighted by molar-refractivity contribution is -0.142. The molecule has 1 saturated heterocycles. The number of fused-ring (bicyclic) bond motifs is 1. The van der Waals surface area contributed by atoms with Gasteiger partial charge in [-0.2, -0.15) is 4.72 Å². The Bertz CT molecular complexity index is 1340. The van der Waals surface area contributed by atoms with Crippen LogP contribution in [-0.2, 0) is 26.2 Å². The smallest absolute Gasteiger partial charge is 0.250 e. The normalized spacial score (nSPS) is 16.7. The predicted octanol–water partition coefficient (Wildman–Crippen LogP) is 3.19. The molecule has 1 N–H and O–H groups in total. The Morgan fingerprint density at radius 3 is 2.85 bits per heavy atom. The first-order chi connectivity index (χ1) is 16.1. The number of aromatic nitrogens is 1. The molecule has 0 aliphatic carbocycles. The largest absolute Gasteiger partial charge is 0.338 e. The molecule has 0 bridgehead atoms. The SMILES string of the molecule is Cc1cccc(CN(C)C(=O)CN2CCCC(NS(=O)(=O)c3cc4ccc(Cl)cc4s3)C2=O)n1. The van der Waals surface area contributed by atoms with E-state index in [9.17, 15) is 18.0 Å². The first-order valence-corrected chi connectivity index (χ1v) is 13.5. The molecule has 4 rings (SSSR count). The van der Waals surface area contributed by atoms with Crippen LogP contribution < -0.4 is 4.72 Å². The number of aryl methyl sites for hydroxylation is 1. The maximum absolute atomic E-state index is 13.0. The lowest BCUT2D eigenvalue weighted by Gasteiger charge is -2.33. The summed E-state index contributed by atoms with van der Waals surface area (Å²) in [4.78, 5) is 33.1. The molecule has 1 atom stereocenters. The van der Waals surface area contributed by atoms with Gasteiger partial charge in [-0.15, -0.1) is 11.3 Å². The van der Waals surface area contributed by atoms with Gasteiger partial charge >= 0.3 is 0 Å². The first kappa shape index (κ1) is 24.6. The molecule has 34 heavy (non-hydrogen) atoms. The highest BCUT2D eigenvalue weighted by Crippen LogP contribution is 2.31. The number of pyridine rings is 1. The van der Waals surface area contributed by atoms with Crippen molar-refractivity contribution < 1.29 is 18.0 Å². The molecule has 3 heterocycles. The number of carbonyl (C=O) groups is 2. The molecule has 3 aromatic rings. The van der Waals surface area contributed by atoms with Crippen molar-refractivity contribution in [3.05, 3.63) is 58.9 Å². The summed E-state index contributed by atoms with van der Waals surface area (Å²) in [5.41, 5.74) is 1.62. The van der Waals surface area contributed by atoms with Crippen LogP contribution >= 0.6 is 22.9 Å². The molecule has 0 spiro atoms. The van der Waals surface area contributed by atoms with Gasteiger partial charge < -0.3 is 9.80 Å². The van der Waals surface area contributed by atoms with E-state index in [4.69, 9.17) is 11.6 Å². The number of likely N-dealkylation sites (tertiary alicyclic amines) is 1. The number of likely N-dealkylation sites (N-methyl/N-ethyl adjacent to an activating group) is 1. The van der Waals surface area contributed by atoms with Crippen molar-refractivity contribution in [3.63, 3.8) is 0 Å². The Balaban J connectivity index is 1.41. The zero-order chi connectivity index (χ0) is 24.5. The van der Waals surface area contributed by atoms with Crippen molar-refractivity contribution in [2.24, 2.45) is 0 Å². The molecule has 1 aliphatic rings. The molecule has 2 amide bonds. The van der Waals surface area contributed by atoms with E-state index in [-0.39, 0.29) is 16.7 Å². The molecule has 11 heteroatoms. The van der Waals surface area contributed by atoms with Crippen LogP contribution in [0.1, 0.15) is 24.2 Å². The molecule has 8 nitrogen and oxygen atoms in total. The molecule has 1 aliphatic heterocycles. The summed E-state index contributed by atoms with van der Waals surface area (Å²) in [6.07, 6.45) is 0.972. The average Bonchev–Trinajstić information content (AvgIpc) is 3.20. The van der Waals surface area contributed by atoms with Gasteiger partial charge in [0.05, 0.1) is 18.8 Å². The summed E-state index contributed by atoms with van der Waals surface area (Å²) < 4.78 is 29.4. The maximum Gasteiger partial charge on any atom is 0.250 e. The minimum atomic E-state index is -3.91. The molecule has 0 saturated carbocycles. The highest BCUT2D eigenvalue weighted by Gasteiger charge is 2.34. The zero-order valence-electron chi connectivity index (χ0n) is 18.8. The minimum Gasteiger partial charge on any atom is -0.338 e. The van der Waals surface area contributed by atoms with Crippen LogP contribution in [0.5, 0.6) is 0 Å². The van der Waals surface area contributed by atoms with E-state index in [2.05, 4.69) is 9.71 Å². The highest BCUT2D eigenvalue weighted by atomic mass is 35.5. The number of benzene rings is 1. The quantitative estimate of drug-likeness (QED) is 0.515. The molecule has 2 aromatic heterocycles. The van der Waals surface area contributed by atoms with Crippen LogP contribution in [0.4, 0.5) is 0 Å². The average molecular weight is 521 g/mol. The van der Waals surface area contributed by atoms with Crippen LogP contribution in [0.2, 0.25) is 5.02 Å². The summed E-state index contributed by atoms with van der Waals surface area (Å²) >= 11 is 7.10. The predicted molar refractivity (Wildman–Crippen MR) is 132 cm³/mol. The summed E-state index contributed by atoms with van der Waals surface area (Å²) in [6, 6.07) is 11.4. The number of nitrogens with zero attached hydrogens (tertiary/aromatic N) is 3. The van der Waals surface area contributed by atoms with Gasteiger partial charge in [0, 0.05) is 29.0 Å². The number of hydrogen-bond donors (Lipinski definition) is 1. The van der Waals surface area contributed by atoms with E-state index in [0.717, 1.165) is 32.8 Å². The Kier molecular flexibility index (Phi) is 7.22. The number of carbonyl (C=O) groups excluding carboxylic acids is 2. The Morgan fingerprint density at radius 1 is 1.29 bits per heavy atom. The van der Waals surface area contributed by atoms with Gasteiger partial charge in [-0.1, -0.05) is 23.7 Å². The lowest BCUT2D eigenvalue weighted by Crippen LogP contribution is -2.54. The van der Waals surface area contributed by atoms with E-state index >= 15 is 0 Å². The van der Waals surface area contributed by atoms with Crippen LogP contribution in [-0.4, -0.2) is 61.2 Å². The third kappa shape index (κ3) is 5.57. The summed E-state index contributed by atoms with van der Waals surface area (Å²) in [7, 11) is -2.24. The number of nitrogens with one attached hydrogen (secondary N) is 1. The van der Waals surface area contributed by atoms with Crippen molar-refractivity contribution in [2.75, 3.05) is 20.1 Å². The van der Waals surface area contributed by atoms with Crippen molar-refractivity contribution in [2.45, 2.75) is 36.6 Å². The number of thiophene rings is 1. The van der Waals surface area contributed by atoms with E-state index in [1.54, 1.807) is 31.3 Å². The van der Waals surface area contributed by atoms with Crippen molar-refractivity contribution in [1.29, 1.82) is 0 Å². The van der Waals surface area contributed by atoms with Crippen LogP contribution in [0.3, 0.4) is 0 Å². The number of rotatable bonds is 7. The molecule has 1 aromatic carbocycles. The third-order valence-electron chi connectivity index (χ3n) is 5.65. The highest BCUT2D eigenvalue weighted by molar-refractivity contribution is 7.91. The van der Waals surface area contributed by atoms with Gasteiger partial charge in [0.15, 0.2) is 0 Å². The Labute approximate surface area is 207 Å². The Hall–Kier alpha value is -2.53. The number of hydrogen-bond acceptors (Lipinski definition) is 6. The molecule has 180 valence electrons. The van der Waals surface area contributed by atoms with Gasteiger partial charge in [-0.05, 0) is 55.5 Å². The number of sulfonamides is 1. The fourth-order valence-corrected chi connectivity index (χ4v) is 6.78. The summed E-state index contributed by atoms with van der Waals surface area (Å²) in [6.45, 7) is 2.50. The van der Waals surface area contributed by atoms with Gasteiger partial charge in [0.25, 0.3) is 10.0 Å². The zero-order valence-corrected chi connectivity index (χ0v) is 21.2. The van der Waals surface area contributed by atoms with Gasteiger partial charge in [-0.25, -0.2) is 8.42 Å². The lowest BCUT2D eigenvalue weighted by atomic mass is 10.1. The third-order valence-corrected chi connectivity index (χ3v) is 8.93. The van der Waals surface area contributed by atoms with E-state index < -0.39 is 22.0 Å². The van der Waals surface area contributed by atoms with Gasteiger partial charge in [0.2, 0.25) is 11.8 Å². The molecular formula is C23H25ClN4O4S2. The molecule has 1 unspecified atom stereocenters. The molecule has 0 radical (unpaired) electrons. The fourth-order valence-electron chi connectivity index (χ4n) is 3.87. The summed E-state index contributed by atoms with van der Waals surface area (Å²) in [5.74, 6) is -0.629. The second-order valence-corrected chi connectivity index (χ2v) is 11.8. The first-order valence-electron chi connectivity index (χ1n) is 10.8. The van der Waals surface area contributed by atoms with Crippen LogP contribution in [0.15, 0.2) is 46.7 Å². The maximum atomic E-state index is 13.0. The Morgan fingerprint density at radius 2 is 2.09 bits per heavy atom. The van der Waals surface area contributed by atoms with Crippen molar-refractivity contribution in [1.82, 2.24) is 19.5 Å². The van der Waals surface area contributed by atoms with E-state index in [1.807, 2.05) is 25.1 Å². The monoisotopic (exact) mass is 520 g/mol. The van der Waals surface area contributed by atoms with E-state index in [0.29, 0.717) is 31.0 Å². The topological polar surface area (TPSA) is 99.7 Å². The van der Waals surface area contributed by atoms with E-state index in [1.165, 1.54) is 9.80 Å².